The zero-order valence-electron chi connectivity index (χ0n) is 12.9. The zero-order valence-corrected chi connectivity index (χ0v) is 12.9. The topological polar surface area (TPSA) is 36.8 Å². The average molecular weight is 276 g/mol. The lowest BCUT2D eigenvalue weighted by Gasteiger charge is -2.22. The summed E-state index contributed by atoms with van der Waals surface area (Å²) in [6, 6.07) is 9.21. The van der Waals surface area contributed by atoms with Crippen LogP contribution in [-0.2, 0) is 6.42 Å². The number of phenolic OH excluding ortho intramolecular Hbond substituents is 1. The summed E-state index contributed by atoms with van der Waals surface area (Å²) in [4.78, 5) is 0. The van der Waals surface area contributed by atoms with Crippen molar-refractivity contribution in [3.05, 3.63) is 29.8 Å². The number of aryl methyl sites for hydroxylation is 1. The maximum absolute atomic E-state index is 9.29. The summed E-state index contributed by atoms with van der Waals surface area (Å²) in [5.74, 6) is 0.364. The van der Waals surface area contributed by atoms with Crippen molar-refractivity contribution < 1.29 is 10.4 Å². The lowest BCUT2D eigenvalue weighted by Crippen LogP contribution is -2.94. The van der Waals surface area contributed by atoms with Gasteiger partial charge in [-0.15, -0.1) is 0 Å². The molecule has 0 aliphatic heterocycles. The fourth-order valence-electron chi connectivity index (χ4n) is 3.30. The molecular formula is C18H30NO+. The molecule has 1 aliphatic rings. The Kier molecular flexibility index (Phi) is 6.38. The van der Waals surface area contributed by atoms with Crippen LogP contribution in [-0.4, -0.2) is 17.2 Å². The molecule has 0 heterocycles. The number of hydrogen-bond acceptors (Lipinski definition) is 1. The number of quaternary nitrogens is 1. The van der Waals surface area contributed by atoms with Gasteiger partial charge in [0.25, 0.3) is 0 Å². The number of aromatic hydroxyl groups is 1. The average Bonchev–Trinajstić information content (AvgIpc) is 2.41. The molecule has 0 amide bonds. The second-order valence-corrected chi connectivity index (χ2v) is 6.48. The Hall–Kier alpha value is -1.02. The van der Waals surface area contributed by atoms with Crippen molar-refractivity contribution in [2.24, 2.45) is 0 Å². The Bertz CT molecular complexity index is 366. The predicted octanol–water partition coefficient (Wildman–Crippen LogP) is 3.39. The van der Waals surface area contributed by atoms with Gasteiger partial charge >= 0.3 is 0 Å². The van der Waals surface area contributed by atoms with E-state index in [1.165, 1.54) is 56.9 Å². The third kappa shape index (κ3) is 5.54. The monoisotopic (exact) mass is 276 g/mol. The highest BCUT2D eigenvalue weighted by atomic mass is 16.3. The molecule has 2 rings (SSSR count). The molecule has 1 aromatic rings. The molecule has 0 unspecified atom stereocenters. The van der Waals surface area contributed by atoms with E-state index in [-0.39, 0.29) is 0 Å². The Balaban J connectivity index is 1.71. The standard InChI is InChI=1S/C18H29NO/c1-15(9-10-16-11-13-18(20)14-12-16)19-17-7-5-3-2-4-6-8-17/h11-15,17,19-20H,2-10H2,1H3/p+1/t15-/m1/s1. The SMILES string of the molecule is C[C@H](CCc1ccc(O)cc1)[NH2+]C1CCCCCCC1. The van der Waals surface area contributed by atoms with Crippen LogP contribution in [0.25, 0.3) is 0 Å². The number of phenols is 1. The zero-order chi connectivity index (χ0) is 14.2. The first-order chi connectivity index (χ1) is 9.74. The van der Waals surface area contributed by atoms with Crippen LogP contribution >= 0.6 is 0 Å². The van der Waals surface area contributed by atoms with Crippen molar-refractivity contribution >= 4 is 0 Å². The van der Waals surface area contributed by atoms with Gasteiger partial charge in [-0.2, -0.15) is 0 Å². The lowest BCUT2D eigenvalue weighted by atomic mass is 9.95. The fraction of sp³-hybridized carbons (Fsp3) is 0.667. The van der Waals surface area contributed by atoms with Crippen LogP contribution in [0.5, 0.6) is 5.75 Å². The van der Waals surface area contributed by atoms with E-state index in [0.29, 0.717) is 11.8 Å². The van der Waals surface area contributed by atoms with Gasteiger partial charge in [0, 0.05) is 6.42 Å². The Morgan fingerprint density at radius 2 is 1.65 bits per heavy atom. The summed E-state index contributed by atoms with van der Waals surface area (Å²) in [7, 11) is 0. The van der Waals surface area contributed by atoms with Gasteiger partial charge in [0.15, 0.2) is 0 Å². The second kappa shape index (κ2) is 8.31. The molecule has 0 saturated heterocycles. The smallest absolute Gasteiger partial charge is 0.115 e. The summed E-state index contributed by atoms with van der Waals surface area (Å²) < 4.78 is 0. The predicted molar refractivity (Wildman–Crippen MR) is 83.9 cm³/mol. The molecule has 0 spiro atoms. The van der Waals surface area contributed by atoms with E-state index in [1.54, 1.807) is 12.1 Å². The largest absolute Gasteiger partial charge is 0.508 e. The van der Waals surface area contributed by atoms with Crippen molar-refractivity contribution in [3.63, 3.8) is 0 Å². The van der Waals surface area contributed by atoms with Gasteiger partial charge in [0.2, 0.25) is 0 Å². The maximum atomic E-state index is 9.29. The van der Waals surface area contributed by atoms with Crippen LogP contribution < -0.4 is 5.32 Å². The molecule has 1 aliphatic carbocycles. The minimum absolute atomic E-state index is 0.364. The first kappa shape index (κ1) is 15.4. The van der Waals surface area contributed by atoms with Crippen LogP contribution in [0.2, 0.25) is 0 Å². The van der Waals surface area contributed by atoms with Gasteiger partial charge in [0.05, 0.1) is 12.1 Å². The Morgan fingerprint density at radius 1 is 1.05 bits per heavy atom. The molecule has 3 N–H and O–H groups in total. The van der Waals surface area contributed by atoms with Gasteiger partial charge in [-0.1, -0.05) is 31.4 Å². The maximum Gasteiger partial charge on any atom is 0.115 e. The van der Waals surface area contributed by atoms with Gasteiger partial charge in [0.1, 0.15) is 5.75 Å². The first-order valence-electron chi connectivity index (χ1n) is 8.37. The molecule has 1 aromatic carbocycles. The third-order valence-corrected chi connectivity index (χ3v) is 4.58. The molecule has 0 aromatic heterocycles. The van der Waals surface area contributed by atoms with E-state index < -0.39 is 0 Å². The summed E-state index contributed by atoms with van der Waals surface area (Å²) in [6.07, 6.45) is 12.3. The minimum atomic E-state index is 0.364. The number of benzene rings is 1. The van der Waals surface area contributed by atoms with Crippen LogP contribution in [0, 0.1) is 0 Å². The van der Waals surface area contributed by atoms with Crippen molar-refractivity contribution in [3.8, 4) is 5.75 Å². The van der Waals surface area contributed by atoms with Crippen molar-refractivity contribution in [2.75, 3.05) is 0 Å². The molecule has 0 radical (unpaired) electrons. The van der Waals surface area contributed by atoms with Gasteiger partial charge in [-0.3, -0.25) is 0 Å². The summed E-state index contributed by atoms with van der Waals surface area (Å²) in [5, 5.41) is 11.9. The molecule has 1 atom stereocenters. The van der Waals surface area contributed by atoms with Crippen LogP contribution in [0.4, 0.5) is 0 Å². The van der Waals surface area contributed by atoms with Crippen molar-refractivity contribution in [1.82, 2.24) is 0 Å². The van der Waals surface area contributed by atoms with E-state index in [4.69, 9.17) is 0 Å². The number of rotatable bonds is 5. The third-order valence-electron chi connectivity index (χ3n) is 4.58. The fourth-order valence-corrected chi connectivity index (χ4v) is 3.30. The van der Waals surface area contributed by atoms with E-state index in [2.05, 4.69) is 12.2 Å². The van der Waals surface area contributed by atoms with Gasteiger partial charge < -0.3 is 10.4 Å². The molecule has 2 heteroatoms. The Morgan fingerprint density at radius 3 is 2.30 bits per heavy atom. The van der Waals surface area contributed by atoms with E-state index >= 15 is 0 Å². The summed E-state index contributed by atoms with van der Waals surface area (Å²) in [5.41, 5.74) is 1.33. The van der Waals surface area contributed by atoms with Crippen LogP contribution in [0.15, 0.2) is 24.3 Å². The van der Waals surface area contributed by atoms with E-state index in [0.717, 1.165) is 12.5 Å². The van der Waals surface area contributed by atoms with Crippen LogP contribution in [0.3, 0.4) is 0 Å². The molecule has 1 fully saturated rings. The van der Waals surface area contributed by atoms with Crippen LogP contribution in [0.1, 0.15) is 63.9 Å². The molecule has 2 nitrogen and oxygen atoms in total. The summed E-state index contributed by atoms with van der Waals surface area (Å²) >= 11 is 0. The van der Waals surface area contributed by atoms with Gasteiger partial charge in [-0.25, -0.2) is 0 Å². The molecule has 0 bridgehead atoms. The normalized spacial score (nSPS) is 19.2. The molecule has 1 saturated carbocycles. The second-order valence-electron chi connectivity index (χ2n) is 6.48. The Labute approximate surface area is 123 Å². The minimum Gasteiger partial charge on any atom is -0.508 e. The quantitative estimate of drug-likeness (QED) is 0.850. The highest BCUT2D eigenvalue weighted by Crippen LogP contribution is 2.15. The summed E-state index contributed by atoms with van der Waals surface area (Å²) in [6.45, 7) is 2.36. The lowest BCUT2D eigenvalue weighted by molar-refractivity contribution is -0.720. The molecule has 112 valence electrons. The van der Waals surface area contributed by atoms with Gasteiger partial charge in [-0.05, 0) is 56.7 Å². The number of hydrogen-bond donors (Lipinski definition) is 2. The highest BCUT2D eigenvalue weighted by molar-refractivity contribution is 5.25. The highest BCUT2D eigenvalue weighted by Gasteiger charge is 2.17. The van der Waals surface area contributed by atoms with Crippen molar-refractivity contribution in [2.45, 2.75) is 76.8 Å². The molecular weight excluding hydrogens is 246 g/mol. The van der Waals surface area contributed by atoms with E-state index in [9.17, 15) is 5.11 Å². The first-order valence-corrected chi connectivity index (χ1v) is 8.37. The van der Waals surface area contributed by atoms with Crippen molar-refractivity contribution in [1.29, 1.82) is 0 Å². The molecule has 20 heavy (non-hydrogen) atoms. The number of nitrogens with two attached hydrogens (primary N) is 1. The van der Waals surface area contributed by atoms with E-state index in [1.807, 2.05) is 12.1 Å².